The highest BCUT2D eigenvalue weighted by molar-refractivity contribution is 5.59. The van der Waals surface area contributed by atoms with Gasteiger partial charge in [-0.3, -0.25) is 4.57 Å². The van der Waals surface area contributed by atoms with E-state index in [0.29, 0.717) is 18.2 Å². The first-order chi connectivity index (χ1) is 12.7. The summed E-state index contributed by atoms with van der Waals surface area (Å²) in [5.41, 5.74) is 0.859. The molecule has 0 bridgehead atoms. The maximum Gasteiger partial charge on any atom is 0.278 e. The summed E-state index contributed by atoms with van der Waals surface area (Å²) >= 11 is 0. The second-order valence-corrected chi connectivity index (χ2v) is 5.57. The van der Waals surface area contributed by atoms with Gasteiger partial charge >= 0.3 is 0 Å². The van der Waals surface area contributed by atoms with Crippen molar-refractivity contribution in [2.24, 2.45) is 5.92 Å². The molecule has 0 amide bonds. The minimum absolute atomic E-state index is 0.185. The normalized spacial score (nSPS) is 11.0. The molecule has 2 aromatic rings. The van der Waals surface area contributed by atoms with E-state index in [9.17, 15) is 5.26 Å². The molecule has 0 saturated heterocycles. The fraction of sp³-hybridized carbons (Fsp3) is 0.368. The minimum Gasteiger partial charge on any atom is -0.474 e. The molecule has 0 fully saturated rings. The van der Waals surface area contributed by atoms with Crippen LogP contribution in [0.2, 0.25) is 0 Å². The van der Waals surface area contributed by atoms with Gasteiger partial charge in [0.15, 0.2) is 0 Å². The van der Waals surface area contributed by atoms with Crippen molar-refractivity contribution in [1.29, 1.82) is 15.8 Å². The molecule has 26 heavy (non-hydrogen) atoms. The average Bonchev–Trinajstić information content (AvgIpc) is 3.00. The van der Waals surface area contributed by atoms with Crippen LogP contribution < -0.4 is 9.47 Å². The Kier molecular flexibility index (Phi) is 7.04. The summed E-state index contributed by atoms with van der Waals surface area (Å²) in [5.74, 6) is 0.991. The molecule has 0 spiro atoms. The summed E-state index contributed by atoms with van der Waals surface area (Å²) in [6, 6.07) is 15.8. The maximum atomic E-state index is 9.21. The average molecular weight is 349 g/mol. The predicted molar refractivity (Wildman–Crippen MR) is 93.9 cm³/mol. The summed E-state index contributed by atoms with van der Waals surface area (Å²) in [7, 11) is 0. The molecule has 0 saturated carbocycles. The van der Waals surface area contributed by atoms with Crippen molar-refractivity contribution in [1.82, 2.24) is 9.55 Å². The first-order valence-electron chi connectivity index (χ1n) is 8.26. The van der Waals surface area contributed by atoms with Crippen LogP contribution in [-0.4, -0.2) is 22.8 Å². The number of hydrogen-bond acceptors (Lipinski definition) is 6. The largest absolute Gasteiger partial charge is 0.474 e. The predicted octanol–water partition coefficient (Wildman–Crippen LogP) is 3.29. The summed E-state index contributed by atoms with van der Waals surface area (Å²) in [6.07, 6.45) is 0.442. The van der Waals surface area contributed by atoms with Crippen LogP contribution in [0.1, 0.15) is 19.8 Å². The van der Waals surface area contributed by atoms with Gasteiger partial charge in [0.25, 0.3) is 11.8 Å². The molecule has 0 aliphatic heterocycles. The summed E-state index contributed by atoms with van der Waals surface area (Å²) in [6.45, 7) is 2.55. The molecule has 1 atom stereocenters. The molecule has 0 aliphatic rings. The SMILES string of the molecule is CC(C#N)Cn1c(-c2ccccc2)nc(OCCC#N)c1OCCC#N. The highest BCUT2D eigenvalue weighted by Crippen LogP contribution is 2.34. The third kappa shape index (κ3) is 4.75. The second-order valence-electron chi connectivity index (χ2n) is 5.57. The molecule has 2 rings (SSSR count). The molecular formula is C19H19N5O2. The van der Waals surface area contributed by atoms with E-state index in [4.69, 9.17) is 20.0 Å². The molecule has 7 nitrogen and oxygen atoms in total. The van der Waals surface area contributed by atoms with Gasteiger partial charge in [-0.25, -0.2) is 0 Å². The first kappa shape index (κ1) is 18.8. The number of aromatic nitrogens is 2. The number of rotatable bonds is 9. The van der Waals surface area contributed by atoms with E-state index in [1.54, 1.807) is 4.57 Å². The number of hydrogen-bond donors (Lipinski definition) is 0. The third-order valence-corrected chi connectivity index (χ3v) is 3.51. The van der Waals surface area contributed by atoms with Gasteiger partial charge in [0, 0.05) is 12.1 Å². The molecule has 0 N–H and O–H groups in total. The Morgan fingerprint density at radius 1 is 1.04 bits per heavy atom. The number of imidazole rings is 1. The topological polar surface area (TPSA) is 108 Å². The lowest BCUT2D eigenvalue weighted by atomic mass is 10.2. The van der Waals surface area contributed by atoms with Crippen LogP contribution in [-0.2, 0) is 6.54 Å². The van der Waals surface area contributed by atoms with Gasteiger partial charge in [-0.2, -0.15) is 20.8 Å². The molecule has 1 aromatic carbocycles. The number of benzene rings is 1. The first-order valence-corrected chi connectivity index (χ1v) is 8.26. The van der Waals surface area contributed by atoms with Crippen molar-refractivity contribution in [3.8, 4) is 41.4 Å². The molecule has 132 valence electrons. The standard InChI is InChI=1S/C19H19N5O2/c1-15(13-22)14-24-17(16-7-3-2-4-8-16)23-18(25-11-5-9-20)19(24)26-12-6-10-21/h2-4,7-8,15H,5-6,11-12,14H2,1H3. The summed E-state index contributed by atoms with van der Waals surface area (Å²) in [5, 5.41) is 26.7. The Morgan fingerprint density at radius 3 is 2.31 bits per heavy atom. The lowest BCUT2D eigenvalue weighted by Crippen LogP contribution is -2.11. The fourth-order valence-corrected chi connectivity index (χ4v) is 2.33. The third-order valence-electron chi connectivity index (χ3n) is 3.51. The van der Waals surface area contributed by atoms with Gasteiger partial charge in [0.05, 0.1) is 37.0 Å². The molecule has 7 heteroatoms. The number of nitrogens with zero attached hydrogens (tertiary/aromatic N) is 5. The minimum atomic E-state index is -0.267. The Labute approximate surface area is 152 Å². The van der Waals surface area contributed by atoms with Crippen molar-refractivity contribution in [2.45, 2.75) is 26.3 Å². The zero-order valence-corrected chi connectivity index (χ0v) is 14.6. The fourth-order valence-electron chi connectivity index (χ4n) is 2.33. The molecule has 1 aromatic heterocycles. The van der Waals surface area contributed by atoms with E-state index in [0.717, 1.165) is 5.56 Å². The Hall–Kier alpha value is -3.50. The molecule has 0 aliphatic carbocycles. The lowest BCUT2D eigenvalue weighted by molar-refractivity contribution is 0.253. The van der Waals surface area contributed by atoms with E-state index >= 15 is 0 Å². The van der Waals surface area contributed by atoms with Crippen molar-refractivity contribution < 1.29 is 9.47 Å². The van der Waals surface area contributed by atoms with Gasteiger partial charge < -0.3 is 9.47 Å². The van der Waals surface area contributed by atoms with Crippen LogP contribution >= 0.6 is 0 Å². The van der Waals surface area contributed by atoms with Crippen molar-refractivity contribution >= 4 is 0 Å². The molecular weight excluding hydrogens is 330 g/mol. The van der Waals surface area contributed by atoms with Gasteiger partial charge in [0.1, 0.15) is 19.0 Å². The number of ether oxygens (including phenoxy) is 2. The smallest absolute Gasteiger partial charge is 0.278 e. The van der Waals surface area contributed by atoms with Crippen molar-refractivity contribution in [3.63, 3.8) is 0 Å². The quantitative estimate of drug-likeness (QED) is 0.643. The van der Waals surface area contributed by atoms with Crippen molar-refractivity contribution in [2.75, 3.05) is 13.2 Å². The molecule has 0 radical (unpaired) electrons. The van der Waals surface area contributed by atoms with Gasteiger partial charge in [-0.15, -0.1) is 0 Å². The van der Waals surface area contributed by atoms with E-state index in [1.165, 1.54) is 0 Å². The Balaban J connectivity index is 2.47. The van der Waals surface area contributed by atoms with Crippen LogP contribution in [0.15, 0.2) is 30.3 Å². The monoisotopic (exact) mass is 349 g/mol. The van der Waals surface area contributed by atoms with Gasteiger partial charge in [-0.1, -0.05) is 30.3 Å². The van der Waals surface area contributed by atoms with Crippen LogP contribution in [0.5, 0.6) is 11.8 Å². The van der Waals surface area contributed by atoms with Crippen LogP contribution in [0, 0.1) is 39.9 Å². The van der Waals surface area contributed by atoms with Crippen LogP contribution in [0.25, 0.3) is 11.4 Å². The zero-order valence-electron chi connectivity index (χ0n) is 14.6. The zero-order chi connectivity index (χ0) is 18.8. The Morgan fingerprint density at radius 2 is 1.69 bits per heavy atom. The Bertz CT molecular complexity index is 840. The van der Waals surface area contributed by atoms with E-state index in [-0.39, 0.29) is 37.9 Å². The van der Waals surface area contributed by atoms with Crippen LogP contribution in [0.4, 0.5) is 0 Å². The van der Waals surface area contributed by atoms with Crippen LogP contribution in [0.3, 0.4) is 0 Å². The highest BCUT2D eigenvalue weighted by Gasteiger charge is 2.22. The molecule has 1 heterocycles. The molecule has 1 unspecified atom stereocenters. The summed E-state index contributed by atoms with van der Waals surface area (Å²) in [4.78, 5) is 4.53. The van der Waals surface area contributed by atoms with Gasteiger partial charge in [0.2, 0.25) is 0 Å². The summed E-state index contributed by atoms with van der Waals surface area (Å²) < 4.78 is 13.2. The highest BCUT2D eigenvalue weighted by atomic mass is 16.5. The number of nitriles is 3. The lowest BCUT2D eigenvalue weighted by Gasteiger charge is -2.13. The van der Waals surface area contributed by atoms with E-state index in [1.807, 2.05) is 49.4 Å². The maximum absolute atomic E-state index is 9.21. The van der Waals surface area contributed by atoms with E-state index < -0.39 is 0 Å². The van der Waals surface area contributed by atoms with Crippen molar-refractivity contribution in [3.05, 3.63) is 30.3 Å². The second kappa shape index (κ2) is 9.71. The van der Waals surface area contributed by atoms with Gasteiger partial charge in [-0.05, 0) is 6.92 Å². The van der Waals surface area contributed by atoms with E-state index in [2.05, 4.69) is 11.1 Å².